The molecule has 3 nitrogen and oxygen atoms in total. The smallest absolute Gasteiger partial charge is 0.172 e. The number of aldehydes is 1. The molecule has 1 rings (SSSR count). The van der Waals surface area contributed by atoms with Crippen LogP contribution >= 0.6 is 0 Å². The van der Waals surface area contributed by atoms with Crippen LogP contribution in [0.25, 0.3) is 0 Å². The third-order valence-electron chi connectivity index (χ3n) is 1.15. The van der Waals surface area contributed by atoms with E-state index < -0.39 is 0 Å². The molecule has 0 radical (unpaired) electrons. The molecule has 1 aromatic rings. The third-order valence-corrected chi connectivity index (χ3v) is 1.15. The molecule has 1 aromatic heterocycles. The minimum Gasteiger partial charge on any atom is -0.506 e. The van der Waals surface area contributed by atoms with E-state index in [-0.39, 0.29) is 11.4 Å². The van der Waals surface area contributed by atoms with Crippen molar-refractivity contribution in [2.45, 2.75) is 6.92 Å². The maximum absolute atomic E-state index is 10.1. The Morgan fingerprint density at radius 1 is 1.70 bits per heavy atom. The van der Waals surface area contributed by atoms with Gasteiger partial charge in [-0.3, -0.25) is 4.79 Å². The minimum atomic E-state index is -0.0602. The number of aryl methyl sites for hydroxylation is 1. The molecular formula is C7H7NO2. The van der Waals surface area contributed by atoms with E-state index in [4.69, 9.17) is 5.11 Å². The van der Waals surface area contributed by atoms with E-state index in [1.54, 1.807) is 6.92 Å². The lowest BCUT2D eigenvalue weighted by molar-refractivity contribution is 0.111. The molecule has 0 saturated heterocycles. The molecule has 0 aliphatic carbocycles. The Bertz CT molecular complexity index is 258. The summed E-state index contributed by atoms with van der Waals surface area (Å²) in [7, 11) is 0. The number of carbonyl (C=O) groups excluding carboxylic acids is 1. The maximum Gasteiger partial charge on any atom is 0.172 e. The highest BCUT2D eigenvalue weighted by Gasteiger charge is 1.98. The number of nitrogens with zero attached hydrogens (tertiary/aromatic N) is 1. The number of hydrogen-bond acceptors (Lipinski definition) is 3. The standard InChI is InChI=1S/C7H7NO2/c1-5-2-7(10)6(4-9)8-3-5/h2-4,10H,1H3. The average molecular weight is 137 g/mol. The molecule has 3 heteroatoms. The summed E-state index contributed by atoms with van der Waals surface area (Å²) in [5, 5.41) is 9.00. The fourth-order valence-electron chi connectivity index (χ4n) is 0.655. The van der Waals surface area contributed by atoms with Crippen LogP contribution in [0, 0.1) is 6.92 Å². The summed E-state index contributed by atoms with van der Waals surface area (Å²) >= 11 is 0. The van der Waals surface area contributed by atoms with Crippen LogP contribution in [0.1, 0.15) is 16.1 Å². The summed E-state index contributed by atoms with van der Waals surface area (Å²) in [6.45, 7) is 1.79. The lowest BCUT2D eigenvalue weighted by Gasteiger charge is -1.95. The summed E-state index contributed by atoms with van der Waals surface area (Å²) in [6, 6.07) is 1.50. The molecule has 0 saturated carbocycles. The fourth-order valence-corrected chi connectivity index (χ4v) is 0.655. The summed E-state index contributed by atoms with van der Waals surface area (Å²) in [5.41, 5.74) is 0.925. The van der Waals surface area contributed by atoms with Crippen LogP contribution in [0.2, 0.25) is 0 Å². The number of carbonyl (C=O) groups is 1. The lowest BCUT2D eigenvalue weighted by Crippen LogP contribution is -1.87. The van der Waals surface area contributed by atoms with Crippen molar-refractivity contribution in [3.05, 3.63) is 23.5 Å². The quantitative estimate of drug-likeness (QED) is 0.585. The monoisotopic (exact) mass is 137 g/mol. The molecule has 0 aliphatic heterocycles. The van der Waals surface area contributed by atoms with Gasteiger partial charge in [-0.2, -0.15) is 0 Å². The van der Waals surface area contributed by atoms with Gasteiger partial charge in [-0.25, -0.2) is 4.98 Å². The normalized spacial score (nSPS) is 9.30. The lowest BCUT2D eigenvalue weighted by atomic mass is 10.2. The first kappa shape index (κ1) is 6.74. The molecule has 0 fully saturated rings. The molecule has 0 amide bonds. The van der Waals surface area contributed by atoms with Gasteiger partial charge in [0.2, 0.25) is 0 Å². The largest absolute Gasteiger partial charge is 0.506 e. The molecule has 0 bridgehead atoms. The summed E-state index contributed by atoms with van der Waals surface area (Å²) in [6.07, 6.45) is 2.05. The summed E-state index contributed by atoms with van der Waals surface area (Å²) < 4.78 is 0. The Morgan fingerprint density at radius 3 is 2.90 bits per heavy atom. The van der Waals surface area contributed by atoms with Crippen LogP contribution in [0.4, 0.5) is 0 Å². The number of hydrogen-bond donors (Lipinski definition) is 1. The van der Waals surface area contributed by atoms with Gasteiger partial charge < -0.3 is 5.11 Å². The van der Waals surface area contributed by atoms with Gasteiger partial charge in [0.1, 0.15) is 11.4 Å². The zero-order valence-corrected chi connectivity index (χ0v) is 5.53. The van der Waals surface area contributed by atoms with Crippen LogP contribution < -0.4 is 0 Å². The highest BCUT2D eigenvalue weighted by molar-refractivity contribution is 5.75. The average Bonchev–Trinajstić information content (AvgIpc) is 1.88. The van der Waals surface area contributed by atoms with E-state index in [0.717, 1.165) is 5.56 Å². The Labute approximate surface area is 58.3 Å². The van der Waals surface area contributed by atoms with Crippen LogP contribution in [0.3, 0.4) is 0 Å². The van der Waals surface area contributed by atoms with Gasteiger partial charge in [-0.05, 0) is 18.6 Å². The predicted octanol–water partition coefficient (Wildman–Crippen LogP) is 0.908. The molecule has 1 heterocycles. The van der Waals surface area contributed by atoms with Gasteiger partial charge in [-0.1, -0.05) is 0 Å². The van der Waals surface area contributed by atoms with Crippen molar-refractivity contribution >= 4 is 6.29 Å². The van der Waals surface area contributed by atoms with Gasteiger partial charge in [-0.15, -0.1) is 0 Å². The third kappa shape index (κ3) is 1.13. The van der Waals surface area contributed by atoms with Crippen LogP contribution in [0.5, 0.6) is 5.75 Å². The number of rotatable bonds is 1. The number of pyridine rings is 1. The van der Waals surface area contributed by atoms with E-state index in [9.17, 15) is 4.79 Å². The van der Waals surface area contributed by atoms with E-state index in [1.807, 2.05) is 0 Å². The molecule has 0 unspecified atom stereocenters. The molecule has 1 N–H and O–H groups in total. The highest BCUT2D eigenvalue weighted by atomic mass is 16.3. The molecular weight excluding hydrogens is 130 g/mol. The van der Waals surface area contributed by atoms with Gasteiger partial charge in [0.05, 0.1) is 0 Å². The van der Waals surface area contributed by atoms with Gasteiger partial charge in [0.25, 0.3) is 0 Å². The second kappa shape index (κ2) is 2.47. The van der Waals surface area contributed by atoms with Gasteiger partial charge >= 0.3 is 0 Å². The van der Waals surface area contributed by atoms with E-state index >= 15 is 0 Å². The molecule has 0 atom stereocenters. The van der Waals surface area contributed by atoms with Gasteiger partial charge in [0, 0.05) is 6.20 Å². The summed E-state index contributed by atoms with van der Waals surface area (Å²) in [5.74, 6) is -0.0602. The molecule has 52 valence electrons. The second-order valence-corrected chi connectivity index (χ2v) is 2.03. The zero-order valence-electron chi connectivity index (χ0n) is 5.53. The van der Waals surface area contributed by atoms with Crippen LogP contribution in [-0.2, 0) is 0 Å². The first-order valence-corrected chi connectivity index (χ1v) is 2.85. The zero-order chi connectivity index (χ0) is 7.56. The van der Waals surface area contributed by atoms with Gasteiger partial charge in [0.15, 0.2) is 6.29 Å². The molecule has 0 spiro atoms. The van der Waals surface area contributed by atoms with Crippen LogP contribution in [0.15, 0.2) is 12.3 Å². The fraction of sp³-hybridized carbons (Fsp3) is 0.143. The topological polar surface area (TPSA) is 50.2 Å². The highest BCUT2D eigenvalue weighted by Crippen LogP contribution is 2.12. The van der Waals surface area contributed by atoms with E-state index in [0.29, 0.717) is 6.29 Å². The number of aromatic nitrogens is 1. The molecule has 0 aromatic carbocycles. The van der Waals surface area contributed by atoms with E-state index in [2.05, 4.69) is 4.98 Å². The second-order valence-electron chi connectivity index (χ2n) is 2.03. The van der Waals surface area contributed by atoms with Crippen molar-refractivity contribution in [1.82, 2.24) is 4.98 Å². The van der Waals surface area contributed by atoms with Crippen molar-refractivity contribution < 1.29 is 9.90 Å². The first-order valence-electron chi connectivity index (χ1n) is 2.85. The van der Waals surface area contributed by atoms with Crippen molar-refractivity contribution in [2.24, 2.45) is 0 Å². The number of aromatic hydroxyl groups is 1. The molecule has 10 heavy (non-hydrogen) atoms. The van der Waals surface area contributed by atoms with Crippen molar-refractivity contribution in [3.8, 4) is 5.75 Å². The van der Waals surface area contributed by atoms with Crippen LogP contribution in [-0.4, -0.2) is 16.4 Å². The molecule has 0 aliphatic rings. The van der Waals surface area contributed by atoms with E-state index in [1.165, 1.54) is 12.3 Å². The predicted molar refractivity (Wildman–Crippen MR) is 36.0 cm³/mol. The minimum absolute atomic E-state index is 0.0602. The SMILES string of the molecule is Cc1cnc(C=O)c(O)c1. The Kier molecular flexibility index (Phi) is 1.67. The summed E-state index contributed by atoms with van der Waals surface area (Å²) in [4.78, 5) is 13.8. The Morgan fingerprint density at radius 2 is 2.40 bits per heavy atom. The first-order chi connectivity index (χ1) is 4.74. The van der Waals surface area contributed by atoms with Crippen molar-refractivity contribution in [3.63, 3.8) is 0 Å². The Hall–Kier alpha value is -1.38. The van der Waals surface area contributed by atoms with Crippen molar-refractivity contribution in [2.75, 3.05) is 0 Å². The Balaban J connectivity index is 3.19. The maximum atomic E-state index is 10.1. The van der Waals surface area contributed by atoms with Crippen molar-refractivity contribution in [1.29, 1.82) is 0 Å².